The Morgan fingerprint density at radius 2 is 1.35 bits per heavy atom. The number of carbonyl (C=O) groups is 1. The molecule has 0 aliphatic rings. The molecule has 0 heterocycles. The van der Waals surface area contributed by atoms with Crippen LogP contribution in [0.25, 0.3) is 0 Å². The van der Waals surface area contributed by atoms with Crippen LogP contribution in [0.1, 0.15) is 142 Å². The minimum absolute atomic E-state index is 0.0113. The monoisotopic (exact) mass is 737 g/mol. The summed E-state index contributed by atoms with van der Waals surface area (Å²) in [6, 6.07) is 0. The Hall–Kier alpha value is -2.26. The lowest BCUT2D eigenvalue weighted by atomic mass is 10.0. The maximum absolute atomic E-state index is 12.5. The molecule has 294 valence electrons. The highest BCUT2D eigenvalue weighted by molar-refractivity contribution is 7.47. The lowest BCUT2D eigenvalue weighted by Gasteiger charge is -2.19. The molecule has 0 rings (SSSR count). The van der Waals surface area contributed by atoms with E-state index in [1.807, 2.05) is 42.5 Å². The first kappa shape index (κ1) is 48.7. The average molecular weight is 738 g/mol. The zero-order valence-electron chi connectivity index (χ0n) is 31.9. The third-order valence-corrected chi connectivity index (χ3v) is 8.77. The number of carbonyl (C=O) groups excluding carboxylic acids is 1. The van der Waals surface area contributed by atoms with E-state index in [1.165, 1.54) is 70.6 Å². The van der Waals surface area contributed by atoms with Crippen LogP contribution in [0.2, 0.25) is 0 Å². The number of aliphatic hydroxyl groups is 1. The van der Waals surface area contributed by atoms with Crippen LogP contribution in [0.3, 0.4) is 0 Å². The number of nitrogens with two attached hydrogens (primary N) is 1. The average Bonchev–Trinajstić information content (AvgIpc) is 3.11. The van der Waals surface area contributed by atoms with E-state index in [9.17, 15) is 19.4 Å². The zero-order chi connectivity index (χ0) is 37.5. The highest BCUT2D eigenvalue weighted by atomic mass is 31.2. The SMILES string of the molecule is CC/C=C\C/C=C\CC(O)/C=C/C=C\C/C=C\CCCC(=O)OC(CO/C=C\CCCCCCCCCCCCCC)COP(=O)(O)OCCN. The van der Waals surface area contributed by atoms with Gasteiger partial charge < -0.3 is 25.2 Å². The molecule has 10 heteroatoms. The smallest absolute Gasteiger partial charge is 0.472 e. The van der Waals surface area contributed by atoms with Crippen LogP contribution in [-0.2, 0) is 27.9 Å². The molecule has 4 N–H and O–H groups in total. The Morgan fingerprint density at radius 1 is 0.725 bits per heavy atom. The number of unbranched alkanes of at least 4 members (excludes halogenated alkanes) is 13. The molecule has 0 fully saturated rings. The molecule has 3 atom stereocenters. The maximum atomic E-state index is 12.5. The summed E-state index contributed by atoms with van der Waals surface area (Å²) in [4.78, 5) is 22.4. The van der Waals surface area contributed by atoms with E-state index in [2.05, 4.69) is 32.1 Å². The second kappa shape index (κ2) is 37.5. The van der Waals surface area contributed by atoms with Crippen molar-refractivity contribution in [3.05, 3.63) is 73.1 Å². The topological polar surface area (TPSA) is 138 Å². The summed E-state index contributed by atoms with van der Waals surface area (Å²) in [6.45, 7) is 3.94. The fourth-order valence-electron chi connectivity index (χ4n) is 4.90. The molecule has 0 aliphatic carbocycles. The molecule has 51 heavy (non-hydrogen) atoms. The maximum Gasteiger partial charge on any atom is 0.472 e. The lowest BCUT2D eigenvalue weighted by Crippen LogP contribution is -2.27. The number of phosphoric ester groups is 1. The standard InChI is InChI=1S/C41H72NO8P/c1-3-5-7-9-11-12-13-14-15-16-19-22-26-30-35-47-37-40(38-49-51(45,46)48-36-34-42)50-41(44)33-29-25-21-18-17-20-24-28-32-39(43)31-27-23-10-8-6-4-2/h6,8,18,20-21,23-24,27-28,30,32,35,39-40,43H,3-5,7,9-17,19,22,25-26,29,31,33-34,36-38,42H2,1-2H3,(H,45,46)/b8-6-,21-18-,24-20-,27-23-,32-28+,35-30-. The Kier molecular flexibility index (Phi) is 35.8. The van der Waals surface area contributed by atoms with E-state index < -0.39 is 26.0 Å². The second-order valence-corrected chi connectivity index (χ2v) is 14.1. The van der Waals surface area contributed by atoms with Crippen molar-refractivity contribution in [3.8, 4) is 0 Å². The molecule has 0 saturated heterocycles. The van der Waals surface area contributed by atoms with Crippen molar-refractivity contribution in [3.63, 3.8) is 0 Å². The third kappa shape index (κ3) is 37.3. The summed E-state index contributed by atoms with van der Waals surface area (Å²) >= 11 is 0. The predicted octanol–water partition coefficient (Wildman–Crippen LogP) is 10.5. The van der Waals surface area contributed by atoms with Gasteiger partial charge in [0.05, 0.1) is 25.6 Å². The van der Waals surface area contributed by atoms with Crippen LogP contribution < -0.4 is 5.73 Å². The van der Waals surface area contributed by atoms with Crippen molar-refractivity contribution in [1.29, 1.82) is 0 Å². The van der Waals surface area contributed by atoms with Crippen LogP contribution in [0.15, 0.2) is 73.1 Å². The van der Waals surface area contributed by atoms with E-state index in [1.54, 1.807) is 12.3 Å². The predicted molar refractivity (Wildman–Crippen MR) is 211 cm³/mol. The van der Waals surface area contributed by atoms with Gasteiger partial charge in [0.2, 0.25) is 0 Å². The summed E-state index contributed by atoms with van der Waals surface area (Å²) in [6.07, 6.45) is 43.3. The van der Waals surface area contributed by atoms with E-state index in [4.69, 9.17) is 24.3 Å². The van der Waals surface area contributed by atoms with Crippen molar-refractivity contribution >= 4 is 13.8 Å². The minimum atomic E-state index is -4.32. The van der Waals surface area contributed by atoms with Crippen LogP contribution in [0.5, 0.6) is 0 Å². The van der Waals surface area contributed by atoms with Gasteiger partial charge in [0, 0.05) is 13.0 Å². The number of hydrogen-bond donors (Lipinski definition) is 3. The first-order valence-electron chi connectivity index (χ1n) is 19.6. The largest absolute Gasteiger partial charge is 0.498 e. The van der Waals surface area contributed by atoms with E-state index in [-0.39, 0.29) is 32.8 Å². The molecule has 0 saturated carbocycles. The molecular formula is C41H72NO8P. The van der Waals surface area contributed by atoms with E-state index in [0.29, 0.717) is 19.3 Å². The Bertz CT molecular complexity index is 1020. The number of phosphoric acid groups is 1. The molecule has 0 aliphatic heterocycles. The number of hydrogen-bond acceptors (Lipinski definition) is 8. The van der Waals surface area contributed by atoms with Crippen LogP contribution in [0.4, 0.5) is 0 Å². The van der Waals surface area contributed by atoms with E-state index in [0.717, 1.165) is 32.1 Å². The van der Waals surface area contributed by atoms with Crippen molar-refractivity contribution < 1.29 is 37.9 Å². The molecule has 0 bridgehead atoms. The van der Waals surface area contributed by atoms with Gasteiger partial charge in [-0.1, -0.05) is 145 Å². The molecule has 0 aromatic heterocycles. The number of allylic oxidation sites excluding steroid dienone is 9. The van der Waals surface area contributed by atoms with Crippen LogP contribution in [0, 0.1) is 0 Å². The van der Waals surface area contributed by atoms with E-state index >= 15 is 0 Å². The van der Waals surface area contributed by atoms with Gasteiger partial charge in [0.1, 0.15) is 6.61 Å². The number of rotatable bonds is 36. The van der Waals surface area contributed by atoms with Gasteiger partial charge in [0.15, 0.2) is 6.10 Å². The van der Waals surface area contributed by atoms with Gasteiger partial charge in [-0.2, -0.15) is 0 Å². The summed E-state index contributed by atoms with van der Waals surface area (Å²) in [5.74, 6) is -0.437. The zero-order valence-corrected chi connectivity index (χ0v) is 32.8. The second-order valence-electron chi connectivity index (χ2n) is 12.7. The minimum Gasteiger partial charge on any atom is -0.498 e. The van der Waals surface area contributed by atoms with Gasteiger partial charge in [-0.15, -0.1) is 0 Å². The van der Waals surface area contributed by atoms with Gasteiger partial charge in [0.25, 0.3) is 0 Å². The Morgan fingerprint density at radius 3 is 2.04 bits per heavy atom. The summed E-state index contributed by atoms with van der Waals surface area (Å²) in [7, 11) is -4.32. The van der Waals surface area contributed by atoms with Gasteiger partial charge in [-0.3, -0.25) is 13.8 Å². The fourth-order valence-corrected chi connectivity index (χ4v) is 5.67. The lowest BCUT2D eigenvalue weighted by molar-refractivity contribution is -0.153. The third-order valence-electron chi connectivity index (χ3n) is 7.78. The molecule has 0 radical (unpaired) electrons. The molecule has 0 aromatic rings. The summed E-state index contributed by atoms with van der Waals surface area (Å²) in [5, 5.41) is 10.00. The highest BCUT2D eigenvalue weighted by Crippen LogP contribution is 2.43. The first-order valence-corrected chi connectivity index (χ1v) is 21.1. The molecule has 0 amide bonds. The Balaban J connectivity index is 4.34. The fraction of sp³-hybridized carbons (Fsp3) is 0.683. The normalized spacial score (nSPS) is 14.9. The van der Waals surface area contributed by atoms with Crippen LogP contribution >= 0.6 is 7.82 Å². The van der Waals surface area contributed by atoms with Crippen molar-refractivity contribution in [1.82, 2.24) is 0 Å². The van der Waals surface area contributed by atoms with Gasteiger partial charge in [-0.05, 0) is 57.4 Å². The Labute approximate surface area is 310 Å². The number of aliphatic hydroxyl groups excluding tert-OH is 1. The number of esters is 1. The van der Waals surface area contributed by atoms with Gasteiger partial charge in [-0.25, -0.2) is 4.57 Å². The van der Waals surface area contributed by atoms with Crippen molar-refractivity contribution in [2.75, 3.05) is 26.4 Å². The highest BCUT2D eigenvalue weighted by Gasteiger charge is 2.25. The summed E-state index contributed by atoms with van der Waals surface area (Å²) in [5.41, 5.74) is 5.34. The quantitative estimate of drug-likeness (QED) is 0.0143. The molecule has 3 unspecified atom stereocenters. The molecule has 0 aromatic carbocycles. The van der Waals surface area contributed by atoms with Crippen molar-refractivity contribution in [2.45, 2.75) is 154 Å². The first-order chi connectivity index (χ1) is 24.8. The van der Waals surface area contributed by atoms with Gasteiger partial charge >= 0.3 is 13.8 Å². The van der Waals surface area contributed by atoms with Crippen LogP contribution in [-0.4, -0.2) is 54.5 Å². The summed E-state index contributed by atoms with van der Waals surface area (Å²) < 4.78 is 33.0. The molecule has 0 spiro atoms. The number of ether oxygens (including phenoxy) is 2. The molecular weight excluding hydrogens is 665 g/mol. The van der Waals surface area contributed by atoms with Crippen molar-refractivity contribution in [2.24, 2.45) is 5.73 Å². The molecule has 9 nitrogen and oxygen atoms in total.